The van der Waals surface area contributed by atoms with E-state index in [1.54, 1.807) is 48.5 Å². The zero-order valence-corrected chi connectivity index (χ0v) is 18.7. The largest absolute Gasteiger partial charge is 0.308 e. The van der Waals surface area contributed by atoms with Crippen molar-refractivity contribution < 1.29 is 13.2 Å². The molecule has 3 aromatic rings. The molecule has 1 heterocycles. The molecule has 0 fully saturated rings. The molecule has 1 aliphatic heterocycles. The summed E-state index contributed by atoms with van der Waals surface area (Å²) in [4.78, 5) is 15.2. The highest BCUT2D eigenvalue weighted by atomic mass is 32.2. The van der Waals surface area contributed by atoms with Gasteiger partial charge in [0.25, 0.3) is 5.91 Å². The molecule has 3 aromatic carbocycles. The zero-order valence-electron chi connectivity index (χ0n) is 17.9. The average molecular weight is 447 g/mol. The van der Waals surface area contributed by atoms with E-state index in [9.17, 15) is 13.2 Å². The van der Waals surface area contributed by atoms with Crippen LogP contribution >= 0.6 is 0 Å². The van der Waals surface area contributed by atoms with E-state index in [2.05, 4.69) is 12.6 Å². The maximum absolute atomic E-state index is 13.1. The van der Waals surface area contributed by atoms with Crippen molar-refractivity contribution in [3.63, 3.8) is 0 Å². The van der Waals surface area contributed by atoms with Crippen LogP contribution in [0.15, 0.2) is 96.4 Å². The van der Waals surface area contributed by atoms with Crippen LogP contribution in [0, 0.1) is 0 Å². The summed E-state index contributed by atoms with van der Waals surface area (Å²) >= 11 is 0. The molecule has 0 atom stereocenters. The van der Waals surface area contributed by atoms with Gasteiger partial charge in [-0.15, -0.1) is 6.58 Å². The van der Waals surface area contributed by atoms with E-state index in [1.165, 1.54) is 9.87 Å². The fourth-order valence-corrected chi connectivity index (χ4v) is 5.41. The molecule has 6 heteroatoms. The molecule has 0 N–H and O–H groups in total. The van der Waals surface area contributed by atoms with Crippen LogP contribution < -0.4 is 4.90 Å². The van der Waals surface area contributed by atoms with Gasteiger partial charge in [0, 0.05) is 30.9 Å². The van der Waals surface area contributed by atoms with E-state index in [-0.39, 0.29) is 23.9 Å². The van der Waals surface area contributed by atoms with Gasteiger partial charge < -0.3 is 4.90 Å². The van der Waals surface area contributed by atoms with Crippen molar-refractivity contribution in [2.45, 2.75) is 24.3 Å². The Kier molecular flexibility index (Phi) is 6.53. The highest BCUT2D eigenvalue weighted by molar-refractivity contribution is 7.89. The van der Waals surface area contributed by atoms with Gasteiger partial charge in [-0.2, -0.15) is 4.31 Å². The first-order valence-electron chi connectivity index (χ1n) is 10.7. The monoisotopic (exact) mass is 446 g/mol. The van der Waals surface area contributed by atoms with E-state index >= 15 is 0 Å². The van der Waals surface area contributed by atoms with Crippen molar-refractivity contribution >= 4 is 21.6 Å². The molecule has 164 valence electrons. The van der Waals surface area contributed by atoms with Gasteiger partial charge in [0.05, 0.1) is 4.90 Å². The molecule has 0 saturated carbocycles. The van der Waals surface area contributed by atoms with Crippen molar-refractivity contribution in [2.75, 3.05) is 18.0 Å². The van der Waals surface area contributed by atoms with Crippen LogP contribution in [0.25, 0.3) is 0 Å². The van der Waals surface area contributed by atoms with Gasteiger partial charge in [-0.1, -0.05) is 54.6 Å². The number of carbonyl (C=O) groups excluding carboxylic acids is 1. The second kappa shape index (κ2) is 9.51. The first-order valence-corrected chi connectivity index (χ1v) is 12.1. The third-order valence-corrected chi connectivity index (χ3v) is 7.45. The van der Waals surface area contributed by atoms with Crippen molar-refractivity contribution in [1.29, 1.82) is 0 Å². The number of aryl methyl sites for hydroxylation is 1. The van der Waals surface area contributed by atoms with Crippen LogP contribution in [0.5, 0.6) is 0 Å². The number of carbonyl (C=O) groups is 1. The number of anilines is 1. The summed E-state index contributed by atoms with van der Waals surface area (Å²) in [7, 11) is -3.65. The topological polar surface area (TPSA) is 57.7 Å². The highest BCUT2D eigenvalue weighted by Crippen LogP contribution is 2.28. The number of hydrogen-bond donors (Lipinski definition) is 0. The molecule has 0 radical (unpaired) electrons. The predicted octanol–water partition coefficient (Wildman–Crippen LogP) is 4.66. The third kappa shape index (κ3) is 4.52. The van der Waals surface area contributed by atoms with Crippen molar-refractivity contribution in [2.24, 2.45) is 0 Å². The zero-order chi connectivity index (χ0) is 22.6. The summed E-state index contributed by atoms with van der Waals surface area (Å²) in [5.41, 5.74) is 3.56. The number of para-hydroxylation sites is 1. The number of benzene rings is 3. The van der Waals surface area contributed by atoms with Gasteiger partial charge in [-0.05, 0) is 54.3 Å². The Morgan fingerprint density at radius 2 is 1.66 bits per heavy atom. The smallest absolute Gasteiger partial charge is 0.258 e. The van der Waals surface area contributed by atoms with Gasteiger partial charge in [-0.3, -0.25) is 4.79 Å². The van der Waals surface area contributed by atoms with Crippen LogP contribution in [0.4, 0.5) is 5.69 Å². The van der Waals surface area contributed by atoms with Gasteiger partial charge in [0.15, 0.2) is 0 Å². The van der Waals surface area contributed by atoms with E-state index in [0.717, 1.165) is 24.1 Å². The standard InChI is InChI=1S/C26H26N2O3S/c1-2-18-27(32(30,31)24-11-4-3-5-12-24)20-21-14-16-23(17-15-21)26(29)28-19-8-10-22-9-6-7-13-25(22)28/h2-7,9,11-17H,1,8,10,18-20H2. The lowest BCUT2D eigenvalue weighted by Crippen LogP contribution is -2.35. The number of sulfonamides is 1. The first kappa shape index (κ1) is 22.0. The Morgan fingerprint density at radius 3 is 2.38 bits per heavy atom. The van der Waals surface area contributed by atoms with Crippen LogP contribution in [0.1, 0.15) is 27.9 Å². The molecule has 0 aromatic heterocycles. The summed E-state index contributed by atoms with van der Waals surface area (Å²) < 4.78 is 27.5. The molecule has 1 amide bonds. The lowest BCUT2D eigenvalue weighted by atomic mass is 10.0. The molecule has 5 nitrogen and oxygen atoms in total. The summed E-state index contributed by atoms with van der Waals surface area (Å²) in [5.74, 6) is -0.0384. The Morgan fingerprint density at radius 1 is 0.969 bits per heavy atom. The van der Waals surface area contributed by atoms with Crippen molar-refractivity contribution in [3.8, 4) is 0 Å². The Balaban J connectivity index is 1.53. The minimum Gasteiger partial charge on any atom is -0.308 e. The summed E-state index contributed by atoms with van der Waals surface area (Å²) in [6.45, 7) is 4.79. The van der Waals surface area contributed by atoms with Gasteiger partial charge in [0.1, 0.15) is 0 Å². The summed E-state index contributed by atoms with van der Waals surface area (Å²) in [6, 6.07) is 23.6. The number of hydrogen-bond acceptors (Lipinski definition) is 3. The SMILES string of the molecule is C=CCN(Cc1ccc(C(=O)N2CCCc3ccccc32)cc1)S(=O)(=O)c1ccccc1. The summed E-state index contributed by atoms with van der Waals surface area (Å²) in [5, 5.41) is 0. The van der Waals surface area contributed by atoms with E-state index < -0.39 is 10.0 Å². The molecule has 32 heavy (non-hydrogen) atoms. The molecule has 0 bridgehead atoms. The Bertz CT molecular complexity index is 1210. The average Bonchev–Trinajstić information content (AvgIpc) is 2.84. The van der Waals surface area contributed by atoms with Crippen LogP contribution in [-0.4, -0.2) is 31.7 Å². The van der Waals surface area contributed by atoms with E-state index in [1.807, 2.05) is 35.2 Å². The number of nitrogens with zero attached hydrogens (tertiary/aromatic N) is 2. The predicted molar refractivity (Wildman–Crippen MR) is 127 cm³/mol. The molecular weight excluding hydrogens is 420 g/mol. The normalized spacial score (nSPS) is 13.6. The molecule has 1 aliphatic rings. The molecule has 0 unspecified atom stereocenters. The van der Waals surface area contributed by atoms with Gasteiger partial charge >= 0.3 is 0 Å². The van der Waals surface area contributed by atoms with E-state index in [4.69, 9.17) is 0 Å². The third-order valence-electron chi connectivity index (χ3n) is 5.63. The lowest BCUT2D eigenvalue weighted by molar-refractivity contribution is 0.0985. The molecule has 4 rings (SSSR count). The number of fused-ring (bicyclic) bond motifs is 1. The minimum absolute atomic E-state index is 0.0384. The second-order valence-electron chi connectivity index (χ2n) is 7.79. The quantitative estimate of drug-likeness (QED) is 0.496. The van der Waals surface area contributed by atoms with Crippen molar-refractivity contribution in [1.82, 2.24) is 4.31 Å². The van der Waals surface area contributed by atoms with Crippen LogP contribution in [0.3, 0.4) is 0 Å². The second-order valence-corrected chi connectivity index (χ2v) is 9.72. The molecule has 0 aliphatic carbocycles. The van der Waals surface area contributed by atoms with Crippen molar-refractivity contribution in [3.05, 3.63) is 108 Å². The number of amides is 1. The molecule has 0 saturated heterocycles. The minimum atomic E-state index is -3.65. The lowest BCUT2D eigenvalue weighted by Gasteiger charge is -2.29. The van der Waals surface area contributed by atoms with Gasteiger partial charge in [0.2, 0.25) is 10.0 Å². The maximum atomic E-state index is 13.1. The highest BCUT2D eigenvalue weighted by Gasteiger charge is 2.25. The Hall–Kier alpha value is -3.22. The van der Waals surface area contributed by atoms with Gasteiger partial charge in [-0.25, -0.2) is 8.42 Å². The fraction of sp³-hybridized carbons (Fsp3) is 0.192. The molecule has 0 spiro atoms. The first-order chi connectivity index (χ1) is 15.5. The number of rotatable bonds is 7. The maximum Gasteiger partial charge on any atom is 0.258 e. The van der Waals surface area contributed by atoms with E-state index in [0.29, 0.717) is 12.1 Å². The van der Waals surface area contributed by atoms with Crippen LogP contribution in [-0.2, 0) is 23.0 Å². The Labute approximate surface area is 189 Å². The molecular formula is C26H26N2O3S. The van der Waals surface area contributed by atoms with Crippen LogP contribution in [0.2, 0.25) is 0 Å². The summed E-state index contributed by atoms with van der Waals surface area (Å²) in [6.07, 6.45) is 3.49. The fourth-order valence-electron chi connectivity index (χ4n) is 3.99.